The van der Waals surface area contributed by atoms with Crippen molar-refractivity contribution in [3.05, 3.63) is 0 Å². The molecule has 1 fully saturated rings. The molecule has 0 aromatic heterocycles. The normalized spacial score (nSPS) is 19.0. The molecule has 1 aliphatic rings. The van der Waals surface area contributed by atoms with Gasteiger partial charge in [0.2, 0.25) is 0 Å². The molecule has 1 heterocycles. The van der Waals surface area contributed by atoms with Crippen LogP contribution in [-0.2, 0) is 0 Å². The Kier molecular flexibility index (Phi) is 7.87. The summed E-state index contributed by atoms with van der Waals surface area (Å²) in [6, 6.07) is 0. The van der Waals surface area contributed by atoms with Gasteiger partial charge in [0.25, 0.3) is 0 Å². The first kappa shape index (κ1) is 15.9. The van der Waals surface area contributed by atoms with Crippen molar-refractivity contribution in [2.24, 2.45) is 17.6 Å². The van der Waals surface area contributed by atoms with Crippen LogP contribution in [0.4, 0.5) is 0 Å². The minimum atomic E-state index is 0.805. The lowest BCUT2D eigenvalue weighted by Crippen LogP contribution is -2.40. The molecule has 0 bridgehead atoms. The lowest BCUT2D eigenvalue weighted by molar-refractivity contribution is 0.156. The lowest BCUT2D eigenvalue weighted by atomic mass is 9.96. The fourth-order valence-electron chi connectivity index (χ4n) is 2.88. The van der Waals surface area contributed by atoms with Gasteiger partial charge < -0.3 is 15.5 Å². The van der Waals surface area contributed by atoms with Crippen molar-refractivity contribution in [2.75, 3.05) is 46.3 Å². The topological polar surface area (TPSA) is 32.5 Å². The van der Waals surface area contributed by atoms with Gasteiger partial charge in [-0.1, -0.05) is 13.8 Å². The molecule has 2 N–H and O–H groups in total. The molecule has 0 aromatic carbocycles. The first-order valence-electron chi connectivity index (χ1n) is 7.72. The van der Waals surface area contributed by atoms with E-state index in [-0.39, 0.29) is 0 Å². The number of nitrogens with zero attached hydrogens (tertiary/aromatic N) is 2. The van der Waals surface area contributed by atoms with Crippen LogP contribution in [0.3, 0.4) is 0 Å². The SMILES string of the molecule is CC(C)CCCN(C)CC1CCN(CCN)CC1. The third-order valence-electron chi connectivity index (χ3n) is 4.04. The number of likely N-dealkylation sites (tertiary alicyclic amines) is 1. The van der Waals surface area contributed by atoms with Crippen LogP contribution >= 0.6 is 0 Å². The smallest absolute Gasteiger partial charge is 0.0105 e. The van der Waals surface area contributed by atoms with Crippen LogP contribution in [-0.4, -0.2) is 56.1 Å². The number of nitrogens with two attached hydrogens (primary N) is 1. The summed E-state index contributed by atoms with van der Waals surface area (Å²) < 4.78 is 0. The minimum absolute atomic E-state index is 0.805. The molecule has 108 valence electrons. The summed E-state index contributed by atoms with van der Waals surface area (Å²) in [4.78, 5) is 5.04. The first-order chi connectivity index (χ1) is 8.61. The van der Waals surface area contributed by atoms with E-state index in [0.29, 0.717) is 0 Å². The molecule has 0 saturated carbocycles. The van der Waals surface area contributed by atoms with Crippen LogP contribution in [0.1, 0.15) is 39.5 Å². The van der Waals surface area contributed by atoms with Crippen LogP contribution in [0, 0.1) is 11.8 Å². The van der Waals surface area contributed by atoms with Gasteiger partial charge in [-0.2, -0.15) is 0 Å². The second-order valence-corrected chi connectivity index (χ2v) is 6.37. The average Bonchev–Trinajstić information content (AvgIpc) is 2.31. The second-order valence-electron chi connectivity index (χ2n) is 6.37. The summed E-state index contributed by atoms with van der Waals surface area (Å²) in [5.74, 6) is 1.75. The van der Waals surface area contributed by atoms with E-state index in [2.05, 4.69) is 30.7 Å². The Labute approximate surface area is 114 Å². The summed E-state index contributed by atoms with van der Waals surface area (Å²) in [7, 11) is 2.28. The Hall–Kier alpha value is -0.120. The van der Waals surface area contributed by atoms with E-state index in [1.807, 2.05) is 0 Å². The Bertz CT molecular complexity index is 198. The van der Waals surface area contributed by atoms with Gasteiger partial charge in [-0.05, 0) is 64.2 Å². The standard InChI is InChI=1S/C15H33N3/c1-14(2)5-4-9-17(3)13-15-6-10-18(11-7-15)12-8-16/h14-15H,4-13,16H2,1-3H3. The number of rotatable bonds is 8. The molecule has 0 spiro atoms. The maximum atomic E-state index is 5.60. The van der Waals surface area contributed by atoms with Gasteiger partial charge in [-0.15, -0.1) is 0 Å². The Balaban J connectivity index is 2.08. The lowest BCUT2D eigenvalue weighted by Gasteiger charge is -2.33. The zero-order chi connectivity index (χ0) is 13.4. The number of hydrogen-bond donors (Lipinski definition) is 1. The van der Waals surface area contributed by atoms with Crippen molar-refractivity contribution in [3.63, 3.8) is 0 Å². The maximum absolute atomic E-state index is 5.60. The fraction of sp³-hybridized carbons (Fsp3) is 1.00. The van der Waals surface area contributed by atoms with E-state index in [1.54, 1.807) is 0 Å². The number of hydrogen-bond acceptors (Lipinski definition) is 3. The van der Waals surface area contributed by atoms with Gasteiger partial charge in [0, 0.05) is 19.6 Å². The molecule has 0 amide bonds. The van der Waals surface area contributed by atoms with E-state index in [1.165, 1.54) is 51.9 Å². The zero-order valence-corrected chi connectivity index (χ0v) is 12.7. The summed E-state index contributed by atoms with van der Waals surface area (Å²) in [5, 5.41) is 0. The van der Waals surface area contributed by atoms with Crippen LogP contribution in [0.25, 0.3) is 0 Å². The molecule has 3 nitrogen and oxygen atoms in total. The van der Waals surface area contributed by atoms with E-state index in [4.69, 9.17) is 5.73 Å². The summed E-state index contributed by atoms with van der Waals surface area (Å²) >= 11 is 0. The van der Waals surface area contributed by atoms with E-state index in [9.17, 15) is 0 Å². The molecule has 0 aliphatic carbocycles. The van der Waals surface area contributed by atoms with Crippen molar-refractivity contribution < 1.29 is 0 Å². The summed E-state index contributed by atoms with van der Waals surface area (Å²) in [5.41, 5.74) is 5.60. The van der Waals surface area contributed by atoms with E-state index < -0.39 is 0 Å². The number of piperidine rings is 1. The average molecular weight is 255 g/mol. The Morgan fingerprint density at radius 3 is 2.50 bits per heavy atom. The first-order valence-corrected chi connectivity index (χ1v) is 7.72. The van der Waals surface area contributed by atoms with Crippen molar-refractivity contribution >= 4 is 0 Å². The van der Waals surface area contributed by atoms with E-state index in [0.717, 1.165) is 24.9 Å². The van der Waals surface area contributed by atoms with Crippen LogP contribution in [0.2, 0.25) is 0 Å². The molecular formula is C15H33N3. The molecule has 0 radical (unpaired) electrons. The Morgan fingerprint density at radius 2 is 1.94 bits per heavy atom. The third-order valence-corrected chi connectivity index (χ3v) is 4.04. The van der Waals surface area contributed by atoms with Crippen LogP contribution < -0.4 is 5.73 Å². The van der Waals surface area contributed by atoms with Gasteiger partial charge in [0.05, 0.1) is 0 Å². The summed E-state index contributed by atoms with van der Waals surface area (Å²) in [6.07, 6.45) is 5.42. The molecule has 0 unspecified atom stereocenters. The van der Waals surface area contributed by atoms with Gasteiger partial charge in [-0.25, -0.2) is 0 Å². The molecule has 1 rings (SSSR count). The third kappa shape index (κ3) is 6.72. The van der Waals surface area contributed by atoms with Crippen molar-refractivity contribution in [1.82, 2.24) is 9.80 Å². The predicted molar refractivity (Wildman–Crippen MR) is 79.8 cm³/mol. The highest BCUT2D eigenvalue weighted by Crippen LogP contribution is 2.18. The highest BCUT2D eigenvalue weighted by Gasteiger charge is 2.19. The van der Waals surface area contributed by atoms with Gasteiger partial charge in [0.1, 0.15) is 0 Å². The molecule has 3 heteroatoms. The highest BCUT2D eigenvalue weighted by molar-refractivity contribution is 4.74. The molecule has 0 aromatic rings. The quantitative estimate of drug-likeness (QED) is 0.720. The molecule has 0 atom stereocenters. The van der Waals surface area contributed by atoms with Gasteiger partial charge >= 0.3 is 0 Å². The second kappa shape index (κ2) is 8.89. The Morgan fingerprint density at radius 1 is 1.28 bits per heavy atom. The maximum Gasteiger partial charge on any atom is 0.0105 e. The monoisotopic (exact) mass is 255 g/mol. The van der Waals surface area contributed by atoms with Gasteiger partial charge in [-0.3, -0.25) is 0 Å². The molecular weight excluding hydrogens is 222 g/mol. The van der Waals surface area contributed by atoms with E-state index >= 15 is 0 Å². The molecule has 18 heavy (non-hydrogen) atoms. The van der Waals surface area contributed by atoms with Crippen LogP contribution in [0.5, 0.6) is 0 Å². The molecule has 1 saturated heterocycles. The molecule has 1 aliphatic heterocycles. The predicted octanol–water partition coefficient (Wildman–Crippen LogP) is 2.03. The zero-order valence-electron chi connectivity index (χ0n) is 12.7. The van der Waals surface area contributed by atoms with Gasteiger partial charge in [0.15, 0.2) is 0 Å². The minimum Gasteiger partial charge on any atom is -0.329 e. The van der Waals surface area contributed by atoms with Crippen molar-refractivity contribution in [1.29, 1.82) is 0 Å². The van der Waals surface area contributed by atoms with Crippen LogP contribution in [0.15, 0.2) is 0 Å². The largest absolute Gasteiger partial charge is 0.329 e. The highest BCUT2D eigenvalue weighted by atomic mass is 15.1. The van der Waals surface area contributed by atoms with Crippen molar-refractivity contribution in [3.8, 4) is 0 Å². The summed E-state index contributed by atoms with van der Waals surface area (Å²) in [6.45, 7) is 11.6. The van der Waals surface area contributed by atoms with Crippen molar-refractivity contribution in [2.45, 2.75) is 39.5 Å². The fourth-order valence-corrected chi connectivity index (χ4v) is 2.88.